The Morgan fingerprint density at radius 1 is 1.30 bits per heavy atom. The fourth-order valence-electron chi connectivity index (χ4n) is 1.18. The highest BCUT2D eigenvalue weighted by Crippen LogP contribution is 2.27. The van der Waals surface area contributed by atoms with Crippen LogP contribution in [0, 0.1) is 0 Å². The molecule has 106 valence electrons. The predicted octanol–water partition coefficient (Wildman–Crippen LogP) is 1.88. The summed E-state index contributed by atoms with van der Waals surface area (Å²) in [5.74, 6) is -2.16. The van der Waals surface area contributed by atoms with Gasteiger partial charge in [-0.1, -0.05) is 23.2 Å². The lowest BCUT2D eigenvalue weighted by Crippen LogP contribution is -2.14. The Bertz CT molecular complexity index is 774. The molecule has 0 unspecified atom stereocenters. The molecular formula is C9H5Cl2N3O5S. The SMILES string of the molecule is O=C(O)c1ccc(S(=O)(=O)Nc2ncnc(Cl)c2Cl)o1. The maximum Gasteiger partial charge on any atom is 0.371 e. The zero-order chi connectivity index (χ0) is 14.9. The molecule has 2 aromatic rings. The number of carboxylic acid groups (broad SMARTS) is 1. The summed E-state index contributed by atoms with van der Waals surface area (Å²) in [6.07, 6.45) is 1.01. The number of carboxylic acids is 1. The van der Waals surface area contributed by atoms with Crippen LogP contribution in [0.15, 0.2) is 28.0 Å². The van der Waals surface area contributed by atoms with E-state index in [2.05, 4.69) is 14.4 Å². The summed E-state index contributed by atoms with van der Waals surface area (Å²) < 4.78 is 30.6. The van der Waals surface area contributed by atoms with Crippen LogP contribution < -0.4 is 4.72 Å². The molecule has 20 heavy (non-hydrogen) atoms. The van der Waals surface area contributed by atoms with Crippen molar-refractivity contribution in [2.75, 3.05) is 4.72 Å². The molecule has 0 amide bonds. The molecule has 8 nitrogen and oxygen atoms in total. The van der Waals surface area contributed by atoms with Gasteiger partial charge in [0.05, 0.1) is 0 Å². The van der Waals surface area contributed by atoms with E-state index in [-0.39, 0.29) is 16.0 Å². The van der Waals surface area contributed by atoms with Gasteiger partial charge in [0.25, 0.3) is 10.0 Å². The fourth-order valence-corrected chi connectivity index (χ4v) is 2.47. The van der Waals surface area contributed by atoms with Gasteiger partial charge in [0.1, 0.15) is 11.3 Å². The van der Waals surface area contributed by atoms with E-state index in [9.17, 15) is 13.2 Å². The van der Waals surface area contributed by atoms with Gasteiger partial charge in [0.2, 0.25) is 10.9 Å². The van der Waals surface area contributed by atoms with E-state index < -0.39 is 26.8 Å². The van der Waals surface area contributed by atoms with Crippen molar-refractivity contribution in [2.24, 2.45) is 0 Å². The minimum atomic E-state index is -4.18. The number of nitrogens with one attached hydrogen (secondary N) is 1. The summed E-state index contributed by atoms with van der Waals surface area (Å²) in [5.41, 5.74) is 0. The van der Waals surface area contributed by atoms with E-state index in [1.165, 1.54) is 0 Å². The number of nitrogens with zero attached hydrogens (tertiary/aromatic N) is 2. The monoisotopic (exact) mass is 337 g/mol. The molecule has 2 rings (SSSR count). The highest BCUT2D eigenvalue weighted by Gasteiger charge is 2.23. The van der Waals surface area contributed by atoms with Crippen LogP contribution in [-0.2, 0) is 10.0 Å². The second-order valence-corrected chi connectivity index (χ2v) is 5.71. The van der Waals surface area contributed by atoms with Crippen LogP contribution in [0.5, 0.6) is 0 Å². The van der Waals surface area contributed by atoms with Crippen LogP contribution in [0.4, 0.5) is 5.82 Å². The van der Waals surface area contributed by atoms with Crippen LogP contribution in [-0.4, -0.2) is 29.5 Å². The van der Waals surface area contributed by atoms with Gasteiger partial charge in [-0.2, -0.15) is 8.42 Å². The van der Waals surface area contributed by atoms with E-state index in [1.54, 1.807) is 0 Å². The number of hydrogen-bond acceptors (Lipinski definition) is 6. The first-order valence-corrected chi connectivity index (χ1v) is 7.07. The second-order valence-electron chi connectivity index (χ2n) is 3.36. The van der Waals surface area contributed by atoms with Gasteiger partial charge in [-0.15, -0.1) is 0 Å². The lowest BCUT2D eigenvalue weighted by molar-refractivity contribution is 0.0656. The van der Waals surface area contributed by atoms with Crippen molar-refractivity contribution in [3.05, 3.63) is 34.4 Å². The van der Waals surface area contributed by atoms with Crippen LogP contribution in [0.1, 0.15) is 10.6 Å². The molecule has 0 saturated heterocycles. The average molecular weight is 338 g/mol. The van der Waals surface area contributed by atoms with Crippen LogP contribution in [0.3, 0.4) is 0 Å². The Balaban J connectivity index is 2.35. The smallest absolute Gasteiger partial charge is 0.371 e. The van der Waals surface area contributed by atoms with Gasteiger partial charge in [0.15, 0.2) is 11.0 Å². The van der Waals surface area contributed by atoms with Crippen molar-refractivity contribution in [3.8, 4) is 0 Å². The summed E-state index contributed by atoms with van der Waals surface area (Å²) in [5, 5.41) is 7.74. The van der Waals surface area contributed by atoms with Crippen LogP contribution in [0.2, 0.25) is 10.2 Å². The molecule has 0 saturated carbocycles. The summed E-state index contributed by atoms with van der Waals surface area (Å²) in [4.78, 5) is 17.8. The second kappa shape index (κ2) is 5.27. The number of hydrogen-bond donors (Lipinski definition) is 2. The molecule has 0 spiro atoms. The van der Waals surface area contributed by atoms with E-state index in [1.807, 2.05) is 4.72 Å². The van der Waals surface area contributed by atoms with E-state index in [4.69, 9.17) is 28.3 Å². The zero-order valence-corrected chi connectivity index (χ0v) is 11.7. The molecule has 0 aliphatic carbocycles. The van der Waals surface area contributed by atoms with Crippen molar-refractivity contribution in [1.29, 1.82) is 0 Å². The Morgan fingerprint density at radius 2 is 2.00 bits per heavy atom. The third-order valence-electron chi connectivity index (χ3n) is 2.03. The number of carbonyl (C=O) groups is 1. The molecule has 2 N–H and O–H groups in total. The Hall–Kier alpha value is -1.84. The summed E-state index contributed by atoms with van der Waals surface area (Å²) in [6.45, 7) is 0. The molecule has 0 fully saturated rings. The van der Waals surface area contributed by atoms with Gasteiger partial charge in [-0.25, -0.2) is 14.8 Å². The number of rotatable bonds is 4. The molecule has 2 aromatic heterocycles. The number of halogens is 2. The average Bonchev–Trinajstić information content (AvgIpc) is 2.85. The van der Waals surface area contributed by atoms with Crippen molar-refractivity contribution < 1.29 is 22.7 Å². The number of furan rings is 1. The maximum atomic E-state index is 11.9. The Morgan fingerprint density at radius 3 is 2.60 bits per heavy atom. The van der Waals surface area contributed by atoms with Gasteiger partial charge in [-0.05, 0) is 12.1 Å². The molecule has 0 aliphatic heterocycles. The van der Waals surface area contributed by atoms with Crippen molar-refractivity contribution in [2.45, 2.75) is 5.09 Å². The minimum absolute atomic E-state index is 0.134. The third kappa shape index (κ3) is 2.84. The lowest BCUT2D eigenvalue weighted by Gasteiger charge is -2.06. The topological polar surface area (TPSA) is 122 Å². The van der Waals surface area contributed by atoms with Gasteiger partial charge in [0, 0.05) is 0 Å². The number of aromatic carboxylic acids is 1. The first-order valence-electron chi connectivity index (χ1n) is 4.83. The van der Waals surface area contributed by atoms with Crippen LogP contribution >= 0.6 is 23.2 Å². The zero-order valence-electron chi connectivity index (χ0n) is 9.37. The summed E-state index contributed by atoms with van der Waals surface area (Å²) in [6, 6.07) is 1.99. The van der Waals surface area contributed by atoms with Gasteiger partial charge >= 0.3 is 5.97 Å². The fraction of sp³-hybridized carbons (Fsp3) is 0. The number of anilines is 1. The standard InChI is InChI=1S/C9H5Cl2N3O5S/c10-6-7(11)12-3-13-8(6)14-20(17,18)5-2-1-4(19-5)9(15)16/h1-3H,(H,15,16)(H,12,13,14). The minimum Gasteiger partial charge on any atom is -0.475 e. The molecule has 0 atom stereocenters. The van der Waals surface area contributed by atoms with E-state index >= 15 is 0 Å². The van der Waals surface area contributed by atoms with E-state index in [0.29, 0.717) is 0 Å². The molecule has 0 bridgehead atoms. The predicted molar refractivity (Wildman–Crippen MR) is 68.5 cm³/mol. The van der Waals surface area contributed by atoms with Crippen molar-refractivity contribution in [3.63, 3.8) is 0 Å². The van der Waals surface area contributed by atoms with Gasteiger partial charge < -0.3 is 9.52 Å². The first-order chi connectivity index (χ1) is 9.31. The molecule has 0 radical (unpaired) electrons. The highest BCUT2D eigenvalue weighted by atomic mass is 35.5. The van der Waals surface area contributed by atoms with Crippen molar-refractivity contribution >= 4 is 45.0 Å². The number of sulfonamides is 1. The number of aromatic nitrogens is 2. The molecule has 0 aliphatic rings. The normalized spacial score (nSPS) is 11.3. The molecule has 2 heterocycles. The quantitative estimate of drug-likeness (QED) is 0.816. The van der Waals surface area contributed by atoms with Gasteiger partial charge in [-0.3, -0.25) is 4.72 Å². The summed E-state index contributed by atoms with van der Waals surface area (Å²) >= 11 is 11.3. The first kappa shape index (κ1) is 14.6. The van der Waals surface area contributed by atoms with Crippen LogP contribution in [0.25, 0.3) is 0 Å². The largest absolute Gasteiger partial charge is 0.475 e. The molecule has 0 aromatic carbocycles. The molecular weight excluding hydrogens is 333 g/mol. The molecule has 11 heteroatoms. The highest BCUT2D eigenvalue weighted by molar-refractivity contribution is 7.92. The van der Waals surface area contributed by atoms with Crippen molar-refractivity contribution in [1.82, 2.24) is 9.97 Å². The third-order valence-corrected chi connectivity index (χ3v) is 3.99. The Labute approximate surface area is 122 Å². The lowest BCUT2D eigenvalue weighted by atomic mass is 10.5. The maximum absolute atomic E-state index is 11.9. The summed E-state index contributed by atoms with van der Waals surface area (Å²) in [7, 11) is -4.18. The Kier molecular flexibility index (Phi) is 3.84. The van der Waals surface area contributed by atoms with E-state index in [0.717, 1.165) is 18.5 Å².